The zero-order valence-corrected chi connectivity index (χ0v) is 11.9. The number of halogens is 1. The Kier molecular flexibility index (Phi) is 3.56. The summed E-state index contributed by atoms with van der Waals surface area (Å²) in [7, 11) is 0. The van der Waals surface area contributed by atoms with Gasteiger partial charge in [0.05, 0.1) is 9.26 Å². The molecule has 0 saturated heterocycles. The van der Waals surface area contributed by atoms with Crippen LogP contribution in [-0.4, -0.2) is 15.0 Å². The van der Waals surface area contributed by atoms with Gasteiger partial charge in [0, 0.05) is 6.20 Å². The van der Waals surface area contributed by atoms with Crippen molar-refractivity contribution in [1.29, 1.82) is 0 Å². The first kappa shape index (κ1) is 12.2. The Morgan fingerprint density at radius 1 is 1.35 bits per heavy atom. The quantitative estimate of drug-likeness (QED) is 0.854. The van der Waals surface area contributed by atoms with Gasteiger partial charge in [-0.25, -0.2) is 9.97 Å². The van der Waals surface area contributed by atoms with Crippen molar-refractivity contribution in [2.75, 3.05) is 5.73 Å². The van der Waals surface area contributed by atoms with Crippen molar-refractivity contribution in [3.63, 3.8) is 0 Å². The average molecular weight is 340 g/mol. The minimum absolute atomic E-state index is 0.515. The maximum atomic E-state index is 5.86. The summed E-state index contributed by atoms with van der Waals surface area (Å²) < 4.78 is 0.903. The van der Waals surface area contributed by atoms with Gasteiger partial charge in [-0.05, 0) is 47.6 Å². The van der Waals surface area contributed by atoms with Crippen molar-refractivity contribution in [1.82, 2.24) is 15.0 Å². The lowest BCUT2D eigenvalue weighted by molar-refractivity contribution is 1.04. The van der Waals surface area contributed by atoms with Gasteiger partial charge in [0.15, 0.2) is 5.82 Å². The SMILES string of the molecule is CCc1cccnc1-c1nc(C)c(I)c(N)n1. The monoisotopic (exact) mass is 340 g/mol. The van der Waals surface area contributed by atoms with Gasteiger partial charge in [0.25, 0.3) is 0 Å². The highest BCUT2D eigenvalue weighted by Crippen LogP contribution is 2.22. The molecular formula is C12H13IN4. The van der Waals surface area contributed by atoms with E-state index in [1.54, 1.807) is 6.20 Å². The second-order valence-corrected chi connectivity index (χ2v) is 4.78. The highest BCUT2D eigenvalue weighted by molar-refractivity contribution is 14.1. The number of nitrogen functional groups attached to an aromatic ring is 1. The van der Waals surface area contributed by atoms with E-state index in [9.17, 15) is 0 Å². The van der Waals surface area contributed by atoms with E-state index in [-0.39, 0.29) is 0 Å². The molecule has 0 aliphatic heterocycles. The van der Waals surface area contributed by atoms with Crippen LogP contribution in [0.25, 0.3) is 11.5 Å². The number of hydrogen-bond donors (Lipinski definition) is 1. The summed E-state index contributed by atoms with van der Waals surface area (Å²) >= 11 is 2.15. The van der Waals surface area contributed by atoms with Gasteiger partial charge in [-0.1, -0.05) is 13.0 Å². The molecule has 0 spiro atoms. The van der Waals surface area contributed by atoms with Crippen LogP contribution in [0.3, 0.4) is 0 Å². The molecule has 0 atom stereocenters. The number of nitrogens with zero attached hydrogens (tertiary/aromatic N) is 3. The van der Waals surface area contributed by atoms with E-state index < -0.39 is 0 Å². The first-order valence-electron chi connectivity index (χ1n) is 5.37. The van der Waals surface area contributed by atoms with Crippen LogP contribution >= 0.6 is 22.6 Å². The first-order valence-corrected chi connectivity index (χ1v) is 6.45. The van der Waals surface area contributed by atoms with Gasteiger partial charge < -0.3 is 5.73 Å². The smallest absolute Gasteiger partial charge is 0.180 e. The third kappa shape index (κ3) is 2.38. The fourth-order valence-electron chi connectivity index (χ4n) is 1.61. The highest BCUT2D eigenvalue weighted by atomic mass is 127. The van der Waals surface area contributed by atoms with Crippen LogP contribution in [-0.2, 0) is 6.42 Å². The Labute approximate surface area is 114 Å². The summed E-state index contributed by atoms with van der Waals surface area (Å²) in [5, 5.41) is 0. The van der Waals surface area contributed by atoms with Crippen LogP contribution < -0.4 is 5.73 Å². The molecule has 0 unspecified atom stereocenters. The molecule has 0 aliphatic carbocycles. The van der Waals surface area contributed by atoms with Crippen LogP contribution in [0.15, 0.2) is 18.3 Å². The van der Waals surface area contributed by atoms with Crippen molar-refractivity contribution in [2.24, 2.45) is 0 Å². The zero-order chi connectivity index (χ0) is 12.4. The van der Waals surface area contributed by atoms with E-state index in [4.69, 9.17) is 5.73 Å². The largest absolute Gasteiger partial charge is 0.383 e. The predicted octanol–water partition coefficient (Wildman–Crippen LogP) is 2.60. The lowest BCUT2D eigenvalue weighted by atomic mass is 10.1. The molecule has 5 heteroatoms. The van der Waals surface area contributed by atoms with E-state index in [0.29, 0.717) is 11.6 Å². The molecule has 0 aromatic carbocycles. The second-order valence-electron chi connectivity index (χ2n) is 3.70. The van der Waals surface area contributed by atoms with E-state index in [2.05, 4.69) is 44.5 Å². The lowest BCUT2D eigenvalue weighted by Crippen LogP contribution is -2.04. The van der Waals surface area contributed by atoms with E-state index >= 15 is 0 Å². The van der Waals surface area contributed by atoms with Crippen molar-refractivity contribution >= 4 is 28.4 Å². The number of nitrogens with two attached hydrogens (primary N) is 1. The Morgan fingerprint density at radius 3 is 2.76 bits per heavy atom. The number of aryl methyl sites for hydroxylation is 2. The zero-order valence-electron chi connectivity index (χ0n) is 9.74. The fourth-order valence-corrected chi connectivity index (χ4v) is 1.85. The van der Waals surface area contributed by atoms with Crippen molar-refractivity contribution in [2.45, 2.75) is 20.3 Å². The lowest BCUT2D eigenvalue weighted by Gasteiger charge is -2.08. The average Bonchev–Trinajstić information content (AvgIpc) is 2.35. The number of hydrogen-bond acceptors (Lipinski definition) is 4. The topological polar surface area (TPSA) is 64.7 Å². The van der Waals surface area contributed by atoms with Crippen molar-refractivity contribution in [3.05, 3.63) is 33.2 Å². The van der Waals surface area contributed by atoms with Gasteiger partial charge in [-0.3, -0.25) is 4.98 Å². The fraction of sp³-hybridized carbons (Fsp3) is 0.250. The van der Waals surface area contributed by atoms with Crippen LogP contribution in [0, 0.1) is 10.5 Å². The van der Waals surface area contributed by atoms with Crippen LogP contribution in [0.5, 0.6) is 0 Å². The Bertz CT molecular complexity index is 531. The summed E-state index contributed by atoms with van der Waals surface area (Å²) in [5.74, 6) is 1.12. The molecular weight excluding hydrogens is 327 g/mol. The van der Waals surface area contributed by atoms with E-state index in [1.165, 1.54) is 0 Å². The molecule has 17 heavy (non-hydrogen) atoms. The maximum Gasteiger partial charge on any atom is 0.180 e. The molecule has 2 N–H and O–H groups in total. The molecule has 2 aromatic heterocycles. The molecule has 2 aromatic rings. The van der Waals surface area contributed by atoms with Crippen LogP contribution in [0.4, 0.5) is 5.82 Å². The number of rotatable bonds is 2. The molecule has 0 radical (unpaired) electrons. The van der Waals surface area contributed by atoms with Crippen molar-refractivity contribution in [3.8, 4) is 11.5 Å². The van der Waals surface area contributed by atoms with E-state index in [0.717, 1.165) is 26.9 Å². The molecule has 0 bridgehead atoms. The molecule has 0 amide bonds. The predicted molar refractivity (Wildman–Crippen MR) is 76.5 cm³/mol. The third-order valence-electron chi connectivity index (χ3n) is 2.53. The van der Waals surface area contributed by atoms with Gasteiger partial charge >= 0.3 is 0 Å². The molecule has 4 nitrogen and oxygen atoms in total. The highest BCUT2D eigenvalue weighted by Gasteiger charge is 2.11. The Morgan fingerprint density at radius 2 is 2.12 bits per heavy atom. The van der Waals surface area contributed by atoms with Gasteiger partial charge in [-0.15, -0.1) is 0 Å². The molecule has 2 heterocycles. The molecule has 2 rings (SSSR count). The third-order valence-corrected chi connectivity index (χ3v) is 3.86. The molecule has 88 valence electrons. The summed E-state index contributed by atoms with van der Waals surface area (Å²) in [6.45, 7) is 4.02. The Hall–Kier alpha value is -1.24. The summed E-state index contributed by atoms with van der Waals surface area (Å²) in [5.41, 5.74) is 8.71. The summed E-state index contributed by atoms with van der Waals surface area (Å²) in [6, 6.07) is 3.96. The van der Waals surface area contributed by atoms with Gasteiger partial charge in [0.1, 0.15) is 11.5 Å². The van der Waals surface area contributed by atoms with Crippen LogP contribution in [0.1, 0.15) is 18.2 Å². The molecule has 0 saturated carbocycles. The minimum atomic E-state index is 0.515. The van der Waals surface area contributed by atoms with Crippen molar-refractivity contribution < 1.29 is 0 Å². The first-order chi connectivity index (χ1) is 8.13. The normalized spacial score (nSPS) is 10.5. The number of anilines is 1. The summed E-state index contributed by atoms with van der Waals surface area (Å²) in [4.78, 5) is 13.1. The standard InChI is InChI=1S/C12H13IN4/c1-3-8-5-4-6-15-10(8)12-16-7(2)9(13)11(14)17-12/h4-6H,3H2,1-2H3,(H2,14,16,17). The van der Waals surface area contributed by atoms with Gasteiger partial charge in [-0.2, -0.15) is 0 Å². The molecule has 0 fully saturated rings. The molecule has 0 aliphatic rings. The Balaban J connectivity index is 2.61. The maximum absolute atomic E-state index is 5.86. The van der Waals surface area contributed by atoms with E-state index in [1.807, 2.05) is 19.1 Å². The van der Waals surface area contributed by atoms with Gasteiger partial charge in [0.2, 0.25) is 0 Å². The number of aromatic nitrogens is 3. The minimum Gasteiger partial charge on any atom is -0.383 e. The van der Waals surface area contributed by atoms with Crippen LogP contribution in [0.2, 0.25) is 0 Å². The number of pyridine rings is 1. The summed E-state index contributed by atoms with van der Waals surface area (Å²) in [6.07, 6.45) is 2.65. The second kappa shape index (κ2) is 4.95.